The molecule has 0 unspecified atom stereocenters. The number of nitrogens with two attached hydrogens (primary N) is 1. The Bertz CT molecular complexity index is 274. The van der Waals surface area contributed by atoms with Crippen LogP contribution in [0.25, 0.3) is 0 Å². The molecule has 2 amide bonds. The predicted molar refractivity (Wildman–Crippen MR) is 64.1 cm³/mol. The van der Waals surface area contributed by atoms with Gasteiger partial charge in [0.1, 0.15) is 5.84 Å². The van der Waals surface area contributed by atoms with Gasteiger partial charge in [-0.05, 0) is 20.4 Å². The van der Waals surface area contributed by atoms with E-state index in [1.165, 1.54) is 24.8 Å². The predicted octanol–water partition coefficient (Wildman–Crippen LogP) is 0.929. The second-order valence-corrected chi connectivity index (χ2v) is 3.48. The normalized spacial score (nSPS) is 14.8. The molecule has 0 saturated heterocycles. The van der Waals surface area contributed by atoms with Crippen molar-refractivity contribution in [1.29, 1.82) is 0 Å². The molecule has 0 spiro atoms. The van der Waals surface area contributed by atoms with Gasteiger partial charge < -0.3 is 5.73 Å². The maximum absolute atomic E-state index is 11.2. The first kappa shape index (κ1) is 14.8. The van der Waals surface area contributed by atoms with Gasteiger partial charge in [-0.1, -0.05) is 26.2 Å². The van der Waals surface area contributed by atoms with Gasteiger partial charge in [-0.25, -0.2) is 0 Å². The summed E-state index contributed by atoms with van der Waals surface area (Å²) in [6, 6.07) is 0. The van der Waals surface area contributed by atoms with Crippen molar-refractivity contribution in [3.8, 4) is 0 Å². The molecule has 1 rings (SSSR count). The van der Waals surface area contributed by atoms with Crippen LogP contribution in [0.3, 0.4) is 0 Å². The van der Waals surface area contributed by atoms with Crippen molar-refractivity contribution in [3.05, 3.63) is 0 Å². The van der Waals surface area contributed by atoms with E-state index in [0.29, 0.717) is 12.4 Å². The van der Waals surface area contributed by atoms with E-state index < -0.39 is 11.8 Å². The van der Waals surface area contributed by atoms with Crippen LogP contribution in [0.4, 0.5) is 0 Å². The Balaban J connectivity index is 0.00000106. The zero-order valence-corrected chi connectivity index (χ0v) is 10.3. The fraction of sp³-hybridized carbons (Fsp3) is 0.727. The van der Waals surface area contributed by atoms with Crippen LogP contribution >= 0.6 is 0 Å². The largest absolute Gasteiger partial charge is 0.337 e. The van der Waals surface area contributed by atoms with Gasteiger partial charge in [0.15, 0.2) is 0 Å². The molecular formula is C11H21N3O2. The Hall–Kier alpha value is -1.23. The number of hydrogen-bond acceptors (Lipinski definition) is 3. The zero-order chi connectivity index (χ0) is 12.6. The molecular weight excluding hydrogens is 206 g/mol. The van der Waals surface area contributed by atoms with E-state index in [2.05, 4.69) is 17.6 Å². The number of amides is 2. The average Bonchev–Trinajstić information content (AvgIpc) is 2.53. The highest BCUT2D eigenvalue weighted by Gasteiger charge is 2.29. The van der Waals surface area contributed by atoms with Crippen molar-refractivity contribution in [2.24, 2.45) is 10.7 Å². The molecule has 0 aliphatic carbocycles. The summed E-state index contributed by atoms with van der Waals surface area (Å²) in [5.41, 5.74) is 4.50. The maximum Gasteiger partial charge on any atom is 0.337 e. The summed E-state index contributed by atoms with van der Waals surface area (Å²) in [5, 5.41) is 0. The summed E-state index contributed by atoms with van der Waals surface area (Å²) >= 11 is 0. The molecule has 1 aliphatic heterocycles. The van der Waals surface area contributed by atoms with Crippen LogP contribution in [-0.4, -0.2) is 36.1 Å². The van der Waals surface area contributed by atoms with E-state index in [1.54, 1.807) is 6.92 Å². The second kappa shape index (κ2) is 7.98. The Kier molecular flexibility index (Phi) is 7.37. The third-order valence-electron chi connectivity index (χ3n) is 2.32. The molecule has 0 atom stereocenters. The Morgan fingerprint density at radius 2 is 1.81 bits per heavy atom. The first-order chi connectivity index (χ1) is 7.66. The van der Waals surface area contributed by atoms with E-state index in [9.17, 15) is 9.59 Å². The number of unbranched alkanes of at least 4 members (excludes halogenated alkanes) is 3. The summed E-state index contributed by atoms with van der Waals surface area (Å²) in [6.45, 7) is 4.46. The smallest absolute Gasteiger partial charge is 0.333 e. The van der Waals surface area contributed by atoms with Crippen LogP contribution in [0.2, 0.25) is 0 Å². The average molecular weight is 227 g/mol. The lowest BCUT2D eigenvalue weighted by Crippen LogP contribution is -2.33. The highest BCUT2D eigenvalue weighted by atomic mass is 16.2. The second-order valence-electron chi connectivity index (χ2n) is 3.48. The molecule has 5 nitrogen and oxygen atoms in total. The summed E-state index contributed by atoms with van der Waals surface area (Å²) in [7, 11) is 1.50. The van der Waals surface area contributed by atoms with Gasteiger partial charge in [0.25, 0.3) is 0 Å². The maximum atomic E-state index is 11.2. The van der Waals surface area contributed by atoms with E-state index in [1.807, 2.05) is 0 Å². The highest BCUT2D eigenvalue weighted by molar-refractivity contribution is 6.43. The topological polar surface area (TPSA) is 75.8 Å². The Morgan fingerprint density at radius 3 is 2.25 bits per heavy atom. The Morgan fingerprint density at radius 1 is 1.19 bits per heavy atom. The molecule has 5 heteroatoms. The third-order valence-corrected chi connectivity index (χ3v) is 2.32. The molecule has 0 saturated carbocycles. The van der Waals surface area contributed by atoms with Crippen LogP contribution in [0.15, 0.2) is 4.99 Å². The molecule has 0 fully saturated rings. The molecule has 0 bridgehead atoms. The third kappa shape index (κ3) is 4.10. The summed E-state index contributed by atoms with van der Waals surface area (Å²) in [4.78, 5) is 27.2. The molecule has 0 aromatic carbocycles. The minimum atomic E-state index is -0.627. The van der Waals surface area contributed by atoms with Crippen molar-refractivity contribution < 1.29 is 9.59 Å². The van der Waals surface area contributed by atoms with E-state index >= 15 is 0 Å². The van der Waals surface area contributed by atoms with Gasteiger partial charge >= 0.3 is 11.8 Å². The minimum absolute atomic E-state index is 0.473. The van der Waals surface area contributed by atoms with Gasteiger partial charge in [0, 0.05) is 6.54 Å². The first-order valence-electron chi connectivity index (χ1n) is 5.65. The molecule has 92 valence electrons. The van der Waals surface area contributed by atoms with E-state index in [0.717, 1.165) is 12.8 Å². The van der Waals surface area contributed by atoms with Crippen molar-refractivity contribution in [3.63, 3.8) is 0 Å². The lowest BCUT2D eigenvalue weighted by atomic mass is 10.2. The number of rotatable bonds is 5. The van der Waals surface area contributed by atoms with E-state index in [4.69, 9.17) is 0 Å². The van der Waals surface area contributed by atoms with Gasteiger partial charge in [0.2, 0.25) is 0 Å². The van der Waals surface area contributed by atoms with Gasteiger partial charge in [-0.3, -0.25) is 14.5 Å². The lowest BCUT2D eigenvalue weighted by molar-refractivity contribution is -0.139. The highest BCUT2D eigenvalue weighted by Crippen LogP contribution is 2.08. The monoisotopic (exact) mass is 227 g/mol. The SMILES string of the molecule is CCCCCCN1C(=O)C(=O)N=C1C.CN. The summed E-state index contributed by atoms with van der Waals surface area (Å²) < 4.78 is 0. The van der Waals surface area contributed by atoms with Gasteiger partial charge in [0.05, 0.1) is 0 Å². The quantitative estimate of drug-likeness (QED) is 0.560. The minimum Gasteiger partial charge on any atom is -0.333 e. The Labute approximate surface area is 96.7 Å². The molecule has 0 radical (unpaired) electrons. The van der Waals surface area contributed by atoms with Crippen molar-refractivity contribution in [2.75, 3.05) is 13.6 Å². The number of carbonyl (C=O) groups excluding carboxylic acids is 2. The number of amidine groups is 1. The first-order valence-corrected chi connectivity index (χ1v) is 5.65. The van der Waals surface area contributed by atoms with Crippen molar-refractivity contribution in [2.45, 2.75) is 39.5 Å². The molecule has 1 heterocycles. The van der Waals surface area contributed by atoms with Crippen molar-refractivity contribution >= 4 is 17.6 Å². The standard InChI is InChI=1S/C10H16N2O2.CH5N/c1-3-4-5-6-7-12-8(2)11-9(13)10(12)14;1-2/h3-7H2,1-2H3;2H2,1H3. The van der Waals surface area contributed by atoms with Crippen LogP contribution in [0, 0.1) is 0 Å². The van der Waals surface area contributed by atoms with Gasteiger partial charge in [-0.2, -0.15) is 4.99 Å². The molecule has 2 N–H and O–H groups in total. The number of hydrogen-bond donors (Lipinski definition) is 1. The van der Waals surface area contributed by atoms with Crippen LogP contribution in [0.1, 0.15) is 39.5 Å². The number of nitrogens with zero attached hydrogens (tertiary/aromatic N) is 2. The van der Waals surface area contributed by atoms with E-state index in [-0.39, 0.29) is 0 Å². The molecule has 0 aromatic rings. The fourth-order valence-corrected chi connectivity index (χ4v) is 1.48. The molecule has 0 aromatic heterocycles. The fourth-order valence-electron chi connectivity index (χ4n) is 1.48. The van der Waals surface area contributed by atoms with Crippen LogP contribution in [0.5, 0.6) is 0 Å². The molecule has 1 aliphatic rings. The number of aliphatic imine (C=N–C) groups is 1. The molecule has 16 heavy (non-hydrogen) atoms. The number of carbonyl (C=O) groups is 2. The summed E-state index contributed by atoms with van der Waals surface area (Å²) in [5.74, 6) is -0.562. The van der Waals surface area contributed by atoms with Crippen LogP contribution in [-0.2, 0) is 9.59 Å². The van der Waals surface area contributed by atoms with Crippen molar-refractivity contribution in [1.82, 2.24) is 4.90 Å². The lowest BCUT2D eigenvalue weighted by Gasteiger charge is -2.14. The summed E-state index contributed by atoms with van der Waals surface area (Å²) in [6.07, 6.45) is 4.38. The van der Waals surface area contributed by atoms with Gasteiger partial charge in [-0.15, -0.1) is 0 Å². The zero-order valence-electron chi connectivity index (χ0n) is 10.3. The van der Waals surface area contributed by atoms with Crippen LogP contribution < -0.4 is 5.73 Å².